The van der Waals surface area contributed by atoms with Crippen LogP contribution in [0, 0.1) is 29.6 Å². The van der Waals surface area contributed by atoms with Gasteiger partial charge in [0.05, 0.1) is 0 Å². The molecule has 3 N–H and O–H groups in total. The second kappa shape index (κ2) is 6.34. The molecule has 4 bridgehead atoms. The number of nitrogens with zero attached hydrogens (tertiary/aromatic N) is 1. The maximum atomic E-state index is 12.6. The molecule has 4 saturated carbocycles. The molecule has 0 aromatic carbocycles. The Hall–Kier alpha value is -1.07. The Kier molecular flexibility index (Phi) is 4.33. The number of nitrogens with one attached hydrogen (secondary N) is 3. The standard InChI is InChI=1S/C18H26N4O.ClH/c23-18(17-15-8-19-2-1-16(15)21-22-17)20-9-14-12-4-10-3-11(6-12)7-13(14)5-10;/h10-14,19H,1-9H2,(H,20,23)(H,21,22);1H. The van der Waals surface area contributed by atoms with Gasteiger partial charge in [-0.05, 0) is 61.7 Å². The number of H-pyrrole nitrogens is 1. The van der Waals surface area contributed by atoms with E-state index < -0.39 is 0 Å². The minimum atomic E-state index is 0. The van der Waals surface area contributed by atoms with Crippen molar-refractivity contribution in [2.24, 2.45) is 29.6 Å². The normalized spacial score (nSPS) is 36.1. The highest BCUT2D eigenvalue weighted by molar-refractivity contribution is 5.94. The number of hydrogen-bond acceptors (Lipinski definition) is 3. The molecule has 4 aliphatic carbocycles. The lowest BCUT2D eigenvalue weighted by Crippen LogP contribution is -2.49. The summed E-state index contributed by atoms with van der Waals surface area (Å²) in [7, 11) is 0. The molecule has 5 nitrogen and oxygen atoms in total. The van der Waals surface area contributed by atoms with Crippen LogP contribution in [0.5, 0.6) is 0 Å². The van der Waals surface area contributed by atoms with E-state index in [0.717, 1.165) is 61.0 Å². The Balaban J connectivity index is 0.00000146. The third kappa shape index (κ3) is 2.66. The van der Waals surface area contributed by atoms with Crippen molar-refractivity contribution in [3.8, 4) is 0 Å². The zero-order valence-electron chi connectivity index (χ0n) is 14.0. The number of fused-ring (bicyclic) bond motifs is 1. The predicted octanol–water partition coefficient (Wildman–Crippen LogP) is 2.28. The van der Waals surface area contributed by atoms with Gasteiger partial charge in [-0.15, -0.1) is 12.4 Å². The third-order valence-electron chi connectivity index (χ3n) is 6.94. The zero-order valence-corrected chi connectivity index (χ0v) is 14.8. The summed E-state index contributed by atoms with van der Waals surface area (Å²) in [5, 5.41) is 13.9. The van der Waals surface area contributed by atoms with Gasteiger partial charge in [0.1, 0.15) is 0 Å². The van der Waals surface area contributed by atoms with E-state index in [1.165, 1.54) is 32.1 Å². The highest BCUT2D eigenvalue weighted by Crippen LogP contribution is 2.56. The van der Waals surface area contributed by atoms with Crippen molar-refractivity contribution < 1.29 is 4.79 Å². The van der Waals surface area contributed by atoms with Crippen molar-refractivity contribution in [1.82, 2.24) is 20.8 Å². The Labute approximate surface area is 149 Å². The summed E-state index contributed by atoms with van der Waals surface area (Å²) in [6.07, 6.45) is 8.07. The molecule has 0 spiro atoms. The van der Waals surface area contributed by atoms with Crippen LogP contribution < -0.4 is 10.6 Å². The van der Waals surface area contributed by atoms with Gasteiger partial charge in [-0.3, -0.25) is 9.89 Å². The van der Waals surface area contributed by atoms with Crippen molar-refractivity contribution >= 4 is 18.3 Å². The molecule has 6 rings (SSSR count). The summed E-state index contributed by atoms with van der Waals surface area (Å²) in [6, 6.07) is 0. The molecule has 1 aliphatic heterocycles. The summed E-state index contributed by atoms with van der Waals surface area (Å²) in [5.41, 5.74) is 2.80. The van der Waals surface area contributed by atoms with Gasteiger partial charge in [0.2, 0.25) is 0 Å². The van der Waals surface area contributed by atoms with Crippen LogP contribution in [0.15, 0.2) is 0 Å². The van der Waals surface area contributed by atoms with E-state index in [0.29, 0.717) is 11.6 Å². The first-order valence-electron chi connectivity index (χ1n) is 9.33. The maximum Gasteiger partial charge on any atom is 0.272 e. The lowest BCUT2D eigenvalue weighted by molar-refractivity contribution is -0.0347. The molecule has 1 aromatic rings. The van der Waals surface area contributed by atoms with Crippen LogP contribution in [-0.4, -0.2) is 29.2 Å². The van der Waals surface area contributed by atoms with Crippen molar-refractivity contribution in [3.05, 3.63) is 17.0 Å². The summed E-state index contributed by atoms with van der Waals surface area (Å²) in [5.74, 6) is 4.44. The summed E-state index contributed by atoms with van der Waals surface area (Å²) in [6.45, 7) is 2.57. The first-order chi connectivity index (χ1) is 11.3. The van der Waals surface area contributed by atoms with Crippen LogP contribution in [0.2, 0.25) is 0 Å². The molecule has 132 valence electrons. The van der Waals surface area contributed by atoms with E-state index >= 15 is 0 Å². The largest absolute Gasteiger partial charge is 0.350 e. The van der Waals surface area contributed by atoms with Crippen LogP contribution in [-0.2, 0) is 13.0 Å². The molecule has 0 atom stereocenters. The van der Waals surface area contributed by atoms with Gasteiger partial charge in [0, 0.05) is 37.3 Å². The van der Waals surface area contributed by atoms with E-state index in [-0.39, 0.29) is 18.3 Å². The second-order valence-corrected chi connectivity index (χ2v) is 8.26. The van der Waals surface area contributed by atoms with Crippen molar-refractivity contribution in [3.63, 3.8) is 0 Å². The van der Waals surface area contributed by atoms with Crippen LogP contribution in [0.1, 0.15) is 53.8 Å². The maximum absolute atomic E-state index is 12.6. The number of rotatable bonds is 3. The molecular formula is C18H27ClN4O. The van der Waals surface area contributed by atoms with Crippen LogP contribution >= 0.6 is 12.4 Å². The molecule has 0 unspecified atom stereocenters. The zero-order chi connectivity index (χ0) is 15.4. The first-order valence-corrected chi connectivity index (χ1v) is 9.33. The van der Waals surface area contributed by atoms with Crippen molar-refractivity contribution in [2.75, 3.05) is 13.1 Å². The fourth-order valence-electron chi connectivity index (χ4n) is 6.08. The SMILES string of the molecule is Cl.O=C(NCC1C2CC3CC(C2)CC1C3)c1n[nH]c2c1CNCC2. The summed E-state index contributed by atoms with van der Waals surface area (Å²) in [4.78, 5) is 12.6. The number of aromatic amines is 1. The van der Waals surface area contributed by atoms with Gasteiger partial charge in [0.25, 0.3) is 5.91 Å². The minimum absolute atomic E-state index is 0. The molecule has 0 radical (unpaired) electrons. The molecule has 24 heavy (non-hydrogen) atoms. The minimum Gasteiger partial charge on any atom is -0.350 e. The average Bonchev–Trinajstić information content (AvgIpc) is 2.97. The molecular weight excluding hydrogens is 324 g/mol. The van der Waals surface area contributed by atoms with Crippen LogP contribution in [0.4, 0.5) is 0 Å². The number of carbonyl (C=O) groups is 1. The van der Waals surface area contributed by atoms with Gasteiger partial charge in [0.15, 0.2) is 5.69 Å². The Bertz CT molecular complexity index is 601. The van der Waals surface area contributed by atoms with E-state index in [1.807, 2.05) is 0 Å². The number of hydrogen-bond donors (Lipinski definition) is 3. The Morgan fingerprint density at radius 2 is 1.83 bits per heavy atom. The fourth-order valence-corrected chi connectivity index (χ4v) is 6.08. The van der Waals surface area contributed by atoms with Crippen LogP contribution in [0.25, 0.3) is 0 Å². The number of aromatic nitrogens is 2. The molecule has 0 saturated heterocycles. The Morgan fingerprint density at radius 1 is 1.12 bits per heavy atom. The molecule has 4 fully saturated rings. The summed E-state index contributed by atoms with van der Waals surface area (Å²) < 4.78 is 0. The lowest BCUT2D eigenvalue weighted by Gasteiger charge is -2.54. The fraction of sp³-hybridized carbons (Fsp3) is 0.778. The van der Waals surface area contributed by atoms with Gasteiger partial charge < -0.3 is 10.6 Å². The molecule has 1 amide bonds. The molecule has 2 heterocycles. The second-order valence-electron chi connectivity index (χ2n) is 8.26. The molecule has 5 aliphatic rings. The van der Waals surface area contributed by atoms with Gasteiger partial charge in [-0.25, -0.2) is 0 Å². The van der Waals surface area contributed by atoms with Crippen molar-refractivity contribution in [2.45, 2.75) is 45.1 Å². The van der Waals surface area contributed by atoms with E-state index in [9.17, 15) is 4.79 Å². The highest BCUT2D eigenvalue weighted by Gasteiger charge is 2.48. The number of amides is 1. The predicted molar refractivity (Wildman–Crippen MR) is 94.1 cm³/mol. The summed E-state index contributed by atoms with van der Waals surface area (Å²) >= 11 is 0. The smallest absolute Gasteiger partial charge is 0.272 e. The van der Waals surface area contributed by atoms with Crippen LogP contribution in [0.3, 0.4) is 0 Å². The highest BCUT2D eigenvalue weighted by atomic mass is 35.5. The van der Waals surface area contributed by atoms with Crippen molar-refractivity contribution in [1.29, 1.82) is 0 Å². The van der Waals surface area contributed by atoms with Gasteiger partial charge in [-0.1, -0.05) is 0 Å². The molecule has 6 heteroatoms. The van der Waals surface area contributed by atoms with E-state index in [1.54, 1.807) is 0 Å². The number of carbonyl (C=O) groups excluding carboxylic acids is 1. The topological polar surface area (TPSA) is 69.8 Å². The average molecular weight is 351 g/mol. The van der Waals surface area contributed by atoms with Gasteiger partial charge >= 0.3 is 0 Å². The monoisotopic (exact) mass is 350 g/mol. The van der Waals surface area contributed by atoms with E-state index in [4.69, 9.17) is 0 Å². The number of halogens is 1. The third-order valence-corrected chi connectivity index (χ3v) is 6.94. The molecule has 1 aromatic heterocycles. The lowest BCUT2D eigenvalue weighted by atomic mass is 9.52. The quantitative estimate of drug-likeness (QED) is 0.783. The van der Waals surface area contributed by atoms with Gasteiger partial charge in [-0.2, -0.15) is 5.10 Å². The first kappa shape index (κ1) is 16.4. The Morgan fingerprint density at radius 3 is 2.54 bits per heavy atom. The van der Waals surface area contributed by atoms with E-state index in [2.05, 4.69) is 20.8 Å².